The summed E-state index contributed by atoms with van der Waals surface area (Å²) in [6, 6.07) is 8.18. The minimum Gasteiger partial charge on any atom is -0.378 e. The number of aromatic amines is 1. The molecule has 1 fully saturated rings. The Kier molecular flexibility index (Phi) is 6.91. The number of halogens is 6. The number of ether oxygens (including phenoxy) is 1. The number of pyridine rings is 1. The second-order valence-corrected chi connectivity index (χ2v) is 10.9. The number of nitrogens with zero attached hydrogens (tertiary/aromatic N) is 8. The van der Waals surface area contributed by atoms with Crippen LogP contribution < -0.4 is 9.80 Å². The van der Waals surface area contributed by atoms with Gasteiger partial charge >= 0.3 is 12.4 Å². The summed E-state index contributed by atoms with van der Waals surface area (Å²) in [5, 5.41) is 9.48. The third-order valence-electron chi connectivity index (χ3n) is 7.92. The predicted octanol–water partition coefficient (Wildman–Crippen LogP) is 5.27. The molecule has 1 N–H and O–H groups in total. The summed E-state index contributed by atoms with van der Waals surface area (Å²) in [5.74, 6) is 0.00299. The molecule has 45 heavy (non-hydrogen) atoms. The van der Waals surface area contributed by atoms with E-state index in [9.17, 15) is 26.3 Å². The molecule has 1 aromatic carbocycles. The van der Waals surface area contributed by atoms with E-state index in [1.165, 1.54) is 9.70 Å². The smallest absolute Gasteiger partial charge is 0.378 e. The molecule has 1 unspecified atom stereocenters. The van der Waals surface area contributed by atoms with E-state index in [2.05, 4.69) is 30.1 Å². The molecule has 234 valence electrons. The van der Waals surface area contributed by atoms with Crippen molar-refractivity contribution in [3.63, 3.8) is 0 Å². The summed E-state index contributed by atoms with van der Waals surface area (Å²) in [5.41, 5.74) is 0.808. The summed E-state index contributed by atoms with van der Waals surface area (Å²) in [7, 11) is 0. The molecule has 0 radical (unpaired) electrons. The number of benzene rings is 1. The topological polar surface area (TPSA) is 101 Å². The van der Waals surface area contributed by atoms with E-state index in [0.29, 0.717) is 55.5 Å². The van der Waals surface area contributed by atoms with Gasteiger partial charge in [0.15, 0.2) is 11.4 Å². The molecular weight excluding hydrogens is 604 g/mol. The lowest BCUT2D eigenvalue weighted by molar-refractivity contribution is -0.147. The Morgan fingerprint density at radius 1 is 0.889 bits per heavy atom. The molecule has 5 aromatic rings. The van der Waals surface area contributed by atoms with E-state index in [1.54, 1.807) is 24.5 Å². The first kappa shape index (κ1) is 29.0. The van der Waals surface area contributed by atoms with Gasteiger partial charge in [0.05, 0.1) is 36.8 Å². The first-order valence-corrected chi connectivity index (χ1v) is 14.1. The highest BCUT2D eigenvalue weighted by atomic mass is 19.4. The van der Waals surface area contributed by atoms with Crippen LogP contribution in [0.4, 0.5) is 38.1 Å². The molecular formula is C29H25F6N9O. The van der Waals surface area contributed by atoms with Crippen LogP contribution in [0, 0.1) is 6.92 Å². The van der Waals surface area contributed by atoms with E-state index in [0.717, 1.165) is 22.2 Å². The van der Waals surface area contributed by atoms with Gasteiger partial charge in [-0.1, -0.05) is 6.07 Å². The monoisotopic (exact) mass is 629 g/mol. The van der Waals surface area contributed by atoms with Crippen LogP contribution in [0.2, 0.25) is 0 Å². The van der Waals surface area contributed by atoms with E-state index in [-0.39, 0.29) is 12.6 Å². The number of hydrogen-bond donors (Lipinski definition) is 1. The predicted molar refractivity (Wildman–Crippen MR) is 150 cm³/mol. The Hall–Kier alpha value is -4.73. The van der Waals surface area contributed by atoms with Crippen molar-refractivity contribution in [1.29, 1.82) is 0 Å². The minimum absolute atomic E-state index is 0.0395. The molecule has 6 heterocycles. The Balaban J connectivity index is 1.37. The Bertz CT molecular complexity index is 1830. The van der Waals surface area contributed by atoms with Crippen LogP contribution >= 0.6 is 0 Å². The highest BCUT2D eigenvalue weighted by Gasteiger charge is 2.42. The van der Waals surface area contributed by atoms with Crippen molar-refractivity contribution < 1.29 is 31.1 Å². The molecule has 0 aliphatic carbocycles. The van der Waals surface area contributed by atoms with E-state index < -0.39 is 35.7 Å². The first-order chi connectivity index (χ1) is 21.5. The van der Waals surface area contributed by atoms with Crippen molar-refractivity contribution in [3.05, 3.63) is 82.7 Å². The van der Waals surface area contributed by atoms with Crippen LogP contribution in [-0.4, -0.2) is 67.8 Å². The lowest BCUT2D eigenvalue weighted by atomic mass is 9.93. The lowest BCUT2D eigenvalue weighted by Gasteiger charge is -2.36. The fraction of sp³-hybridized carbons (Fsp3) is 0.345. The Labute approximate surface area is 251 Å². The molecule has 1 saturated heterocycles. The van der Waals surface area contributed by atoms with Crippen molar-refractivity contribution in [2.24, 2.45) is 0 Å². The fourth-order valence-electron chi connectivity index (χ4n) is 5.82. The first-order valence-electron chi connectivity index (χ1n) is 14.1. The minimum atomic E-state index is -5.12. The van der Waals surface area contributed by atoms with Crippen LogP contribution in [0.1, 0.15) is 39.9 Å². The average Bonchev–Trinajstić information content (AvgIpc) is 3.63. The van der Waals surface area contributed by atoms with Gasteiger partial charge in [-0.15, -0.1) is 0 Å². The van der Waals surface area contributed by atoms with Crippen LogP contribution in [0.5, 0.6) is 0 Å². The van der Waals surface area contributed by atoms with Gasteiger partial charge in [0.2, 0.25) is 5.95 Å². The molecule has 7 rings (SSSR count). The number of morpholine rings is 1. The molecule has 0 amide bonds. The fourth-order valence-corrected chi connectivity index (χ4v) is 5.82. The number of fused-ring (bicyclic) bond motifs is 3. The van der Waals surface area contributed by atoms with E-state index in [1.807, 2.05) is 30.0 Å². The third-order valence-corrected chi connectivity index (χ3v) is 7.92. The van der Waals surface area contributed by atoms with Gasteiger partial charge < -0.3 is 19.5 Å². The van der Waals surface area contributed by atoms with Crippen LogP contribution in [-0.2, 0) is 23.5 Å². The quantitative estimate of drug-likeness (QED) is 0.269. The number of alkyl halides is 6. The summed E-state index contributed by atoms with van der Waals surface area (Å²) in [6.45, 7) is 4.22. The van der Waals surface area contributed by atoms with Gasteiger partial charge in [0.25, 0.3) is 0 Å². The number of hydrogen-bond acceptors (Lipinski definition) is 8. The number of nitrogens with one attached hydrogen (secondary N) is 1. The van der Waals surface area contributed by atoms with E-state index in [4.69, 9.17) is 4.74 Å². The van der Waals surface area contributed by atoms with Crippen molar-refractivity contribution in [2.75, 3.05) is 42.6 Å². The highest BCUT2D eigenvalue weighted by molar-refractivity contribution is 5.87. The van der Waals surface area contributed by atoms with Gasteiger partial charge in [0, 0.05) is 42.4 Å². The van der Waals surface area contributed by atoms with Crippen molar-refractivity contribution in [1.82, 2.24) is 34.9 Å². The maximum absolute atomic E-state index is 13.8. The van der Waals surface area contributed by atoms with Crippen molar-refractivity contribution in [3.8, 4) is 5.69 Å². The van der Waals surface area contributed by atoms with Gasteiger partial charge in [-0.05, 0) is 54.8 Å². The van der Waals surface area contributed by atoms with Gasteiger partial charge in [-0.3, -0.25) is 0 Å². The zero-order valence-corrected chi connectivity index (χ0v) is 23.7. The Morgan fingerprint density at radius 2 is 1.62 bits per heavy atom. The largest absolute Gasteiger partial charge is 0.433 e. The molecule has 0 bridgehead atoms. The number of rotatable bonds is 4. The number of aromatic nitrogens is 7. The zero-order chi connectivity index (χ0) is 31.5. The molecule has 0 saturated carbocycles. The van der Waals surface area contributed by atoms with Crippen molar-refractivity contribution in [2.45, 2.75) is 31.7 Å². The molecule has 2 aliphatic rings. The third kappa shape index (κ3) is 5.43. The van der Waals surface area contributed by atoms with Crippen LogP contribution in [0.15, 0.2) is 48.8 Å². The van der Waals surface area contributed by atoms with E-state index >= 15 is 0 Å². The molecule has 16 heteroatoms. The van der Waals surface area contributed by atoms with Crippen LogP contribution in [0.3, 0.4) is 0 Å². The number of anilines is 2. The maximum Gasteiger partial charge on any atom is 0.433 e. The standard InChI is InChI=1S/C29H25F6N9O/c1-16-14-37-44(41-16)18-3-4-21-20(12-18)19-6-7-43(27-39-22(28(30,31)32)13-23(40-27)29(33,34)35)26(25(19)38-21)17-2-5-24(36-15-17)42-8-10-45-11-9-42/h2-5,12-15,26,38H,6-11H2,1H3. The zero-order valence-electron chi connectivity index (χ0n) is 23.7. The molecule has 4 aromatic heterocycles. The summed E-state index contributed by atoms with van der Waals surface area (Å²) < 4.78 is 88.1. The molecule has 2 aliphatic heterocycles. The second kappa shape index (κ2) is 10.7. The molecule has 0 spiro atoms. The van der Waals surface area contributed by atoms with Crippen LogP contribution in [0.25, 0.3) is 16.6 Å². The average molecular weight is 630 g/mol. The lowest BCUT2D eigenvalue weighted by Crippen LogP contribution is -2.38. The summed E-state index contributed by atoms with van der Waals surface area (Å²) in [6.07, 6.45) is -6.73. The van der Waals surface area contributed by atoms with Gasteiger partial charge in [-0.2, -0.15) is 41.3 Å². The second-order valence-electron chi connectivity index (χ2n) is 10.9. The SMILES string of the molecule is Cc1cnn(-c2ccc3[nH]c4c(c3c2)CCN(c2nc(C(F)(F)F)cc(C(F)(F)F)n2)C4c2ccc(N3CCOCC3)nc2)n1. The summed E-state index contributed by atoms with van der Waals surface area (Å²) >= 11 is 0. The number of H-pyrrole nitrogens is 1. The molecule has 1 atom stereocenters. The maximum atomic E-state index is 13.8. The van der Waals surface area contributed by atoms with Gasteiger partial charge in [0.1, 0.15) is 5.82 Å². The number of aryl methyl sites for hydroxylation is 1. The normalized spacial score (nSPS) is 17.6. The van der Waals surface area contributed by atoms with Crippen molar-refractivity contribution >= 4 is 22.7 Å². The highest BCUT2D eigenvalue weighted by Crippen LogP contribution is 2.42. The van der Waals surface area contributed by atoms with Gasteiger partial charge in [-0.25, -0.2) is 15.0 Å². The Morgan fingerprint density at radius 3 is 2.24 bits per heavy atom. The molecule has 10 nitrogen and oxygen atoms in total. The summed E-state index contributed by atoms with van der Waals surface area (Å²) in [4.78, 5) is 20.1.